The molecule has 2 rings (SSSR count). The van der Waals surface area contributed by atoms with Crippen LogP contribution in [0, 0.1) is 11.5 Å². The number of para-hydroxylation sites is 1. The van der Waals surface area contributed by atoms with Crippen molar-refractivity contribution in [2.75, 3.05) is 0 Å². The zero-order chi connectivity index (χ0) is 16.3. The van der Waals surface area contributed by atoms with Crippen molar-refractivity contribution in [3.63, 3.8) is 0 Å². The van der Waals surface area contributed by atoms with Crippen molar-refractivity contribution in [3.05, 3.63) is 42.1 Å². The number of hydrogen-bond donors (Lipinski definition) is 0. The Morgan fingerprint density at radius 3 is 2.00 bits per heavy atom. The molecule has 0 spiro atoms. The fraction of sp³-hybridized carbons (Fsp3) is 0.450. The van der Waals surface area contributed by atoms with Crippen molar-refractivity contribution in [2.24, 2.45) is 0 Å². The zero-order valence-corrected chi connectivity index (χ0v) is 15.6. The third-order valence-corrected chi connectivity index (χ3v) is 11.2. The summed E-state index contributed by atoms with van der Waals surface area (Å²) >= 11 is 0. The Morgan fingerprint density at radius 1 is 0.818 bits per heavy atom. The van der Waals surface area contributed by atoms with E-state index in [-0.39, 0.29) is 0 Å². The molecule has 2 aromatic rings. The molecular formula is C20H27NSi. The summed E-state index contributed by atoms with van der Waals surface area (Å²) in [5.41, 5.74) is 7.63. The third kappa shape index (κ3) is 3.10. The van der Waals surface area contributed by atoms with Gasteiger partial charge in [0.05, 0.1) is 5.52 Å². The van der Waals surface area contributed by atoms with Gasteiger partial charge in [0, 0.05) is 5.39 Å². The molecule has 0 radical (unpaired) electrons. The molecule has 22 heavy (non-hydrogen) atoms. The van der Waals surface area contributed by atoms with E-state index >= 15 is 0 Å². The van der Waals surface area contributed by atoms with E-state index in [4.69, 9.17) is 4.98 Å². The van der Waals surface area contributed by atoms with Gasteiger partial charge in [0.15, 0.2) is 0 Å². The molecule has 0 bridgehead atoms. The standard InChI is InChI=1S/C20H27NSi/c1-15(2)22(16(3)4,17(5)6)14-13-19-12-11-18-9-7-8-10-20(18)21-19/h7-12,15-17H,1-6H3. The van der Waals surface area contributed by atoms with E-state index in [1.54, 1.807) is 0 Å². The van der Waals surface area contributed by atoms with Gasteiger partial charge in [-0.2, -0.15) is 0 Å². The molecule has 1 nitrogen and oxygen atoms in total. The zero-order valence-electron chi connectivity index (χ0n) is 14.6. The van der Waals surface area contributed by atoms with Gasteiger partial charge in [-0.25, -0.2) is 4.98 Å². The third-order valence-electron chi connectivity index (χ3n) is 4.87. The Hall–Kier alpha value is -1.59. The normalized spacial score (nSPS) is 12.0. The number of fused-ring (bicyclic) bond motifs is 1. The van der Waals surface area contributed by atoms with Crippen LogP contribution in [0.2, 0.25) is 16.6 Å². The van der Waals surface area contributed by atoms with Crippen LogP contribution in [0.15, 0.2) is 36.4 Å². The molecule has 1 heterocycles. The summed E-state index contributed by atoms with van der Waals surface area (Å²) in [7, 11) is -1.68. The van der Waals surface area contributed by atoms with Crippen LogP contribution in [0.1, 0.15) is 47.2 Å². The lowest BCUT2D eigenvalue weighted by Crippen LogP contribution is -2.43. The summed E-state index contributed by atoms with van der Waals surface area (Å²) < 4.78 is 0. The van der Waals surface area contributed by atoms with E-state index in [9.17, 15) is 0 Å². The monoisotopic (exact) mass is 309 g/mol. The highest BCUT2D eigenvalue weighted by Gasteiger charge is 2.41. The topological polar surface area (TPSA) is 12.9 Å². The number of rotatable bonds is 3. The van der Waals surface area contributed by atoms with Crippen LogP contribution in [-0.4, -0.2) is 13.1 Å². The van der Waals surface area contributed by atoms with Crippen molar-refractivity contribution < 1.29 is 0 Å². The van der Waals surface area contributed by atoms with Gasteiger partial charge in [-0.1, -0.05) is 71.7 Å². The minimum Gasteiger partial charge on any atom is -0.239 e. The lowest BCUT2D eigenvalue weighted by molar-refractivity contribution is 0.838. The molecule has 0 atom stereocenters. The van der Waals surface area contributed by atoms with E-state index < -0.39 is 8.07 Å². The van der Waals surface area contributed by atoms with Gasteiger partial charge in [-0.15, -0.1) is 5.54 Å². The molecule has 0 saturated heterocycles. The molecular weight excluding hydrogens is 282 g/mol. The smallest absolute Gasteiger partial charge is 0.146 e. The molecule has 1 aromatic carbocycles. The van der Waals surface area contributed by atoms with E-state index in [0.717, 1.165) is 11.2 Å². The van der Waals surface area contributed by atoms with Crippen LogP contribution in [0.25, 0.3) is 10.9 Å². The first-order valence-corrected chi connectivity index (χ1v) is 10.5. The maximum atomic E-state index is 4.70. The van der Waals surface area contributed by atoms with Crippen molar-refractivity contribution in [1.29, 1.82) is 0 Å². The molecule has 0 N–H and O–H groups in total. The van der Waals surface area contributed by atoms with Crippen LogP contribution < -0.4 is 0 Å². The first kappa shape index (κ1) is 16.8. The molecule has 0 saturated carbocycles. The van der Waals surface area contributed by atoms with E-state index in [0.29, 0.717) is 16.6 Å². The number of aromatic nitrogens is 1. The van der Waals surface area contributed by atoms with Crippen LogP contribution >= 0.6 is 0 Å². The highest BCUT2D eigenvalue weighted by atomic mass is 28.3. The van der Waals surface area contributed by atoms with Gasteiger partial charge < -0.3 is 0 Å². The molecule has 0 fully saturated rings. The van der Waals surface area contributed by atoms with Crippen molar-refractivity contribution in [1.82, 2.24) is 4.98 Å². The fourth-order valence-corrected chi connectivity index (χ4v) is 8.95. The Balaban J connectivity index is 2.47. The summed E-state index contributed by atoms with van der Waals surface area (Å²) in [5, 5.41) is 1.17. The summed E-state index contributed by atoms with van der Waals surface area (Å²) in [6, 6.07) is 12.4. The molecule has 0 unspecified atom stereocenters. The van der Waals surface area contributed by atoms with Gasteiger partial charge in [0.2, 0.25) is 0 Å². The average Bonchev–Trinajstić information content (AvgIpc) is 2.46. The Kier molecular flexibility index (Phi) is 5.08. The lowest BCUT2D eigenvalue weighted by Gasteiger charge is -2.38. The second kappa shape index (κ2) is 6.67. The molecule has 1 aromatic heterocycles. The second-order valence-electron chi connectivity index (χ2n) is 7.04. The second-order valence-corrected chi connectivity index (χ2v) is 12.6. The largest absolute Gasteiger partial charge is 0.239 e. The highest BCUT2D eigenvalue weighted by molar-refractivity contribution is 6.90. The van der Waals surface area contributed by atoms with E-state index in [1.165, 1.54) is 5.39 Å². The molecule has 0 aliphatic rings. The van der Waals surface area contributed by atoms with E-state index in [1.807, 2.05) is 12.1 Å². The van der Waals surface area contributed by atoms with Gasteiger partial charge in [0.25, 0.3) is 0 Å². The minimum atomic E-state index is -1.68. The highest BCUT2D eigenvalue weighted by Crippen LogP contribution is 2.40. The average molecular weight is 310 g/mol. The molecule has 0 amide bonds. The molecule has 116 valence electrons. The lowest BCUT2D eigenvalue weighted by atomic mass is 10.2. The predicted octanol–water partition coefficient (Wildman–Crippen LogP) is 5.80. The Morgan fingerprint density at radius 2 is 1.41 bits per heavy atom. The molecule has 0 aliphatic carbocycles. The quantitative estimate of drug-likeness (QED) is 0.515. The van der Waals surface area contributed by atoms with Crippen LogP contribution in [0.3, 0.4) is 0 Å². The number of pyridine rings is 1. The SMILES string of the molecule is CC(C)[Si](C#Cc1ccc2ccccc2n1)(C(C)C)C(C)C. The van der Waals surface area contributed by atoms with Gasteiger partial charge in [-0.3, -0.25) is 0 Å². The van der Waals surface area contributed by atoms with Crippen LogP contribution in [0.5, 0.6) is 0 Å². The van der Waals surface area contributed by atoms with Crippen LogP contribution in [0.4, 0.5) is 0 Å². The first-order chi connectivity index (χ1) is 10.4. The summed E-state index contributed by atoms with van der Waals surface area (Å²) in [6.07, 6.45) is 0. The maximum absolute atomic E-state index is 4.70. The molecule has 2 heteroatoms. The molecule has 0 aliphatic heterocycles. The fourth-order valence-electron chi connectivity index (χ4n) is 3.74. The minimum absolute atomic E-state index is 0.653. The van der Waals surface area contributed by atoms with Crippen LogP contribution in [-0.2, 0) is 0 Å². The summed E-state index contributed by atoms with van der Waals surface area (Å²) in [5.74, 6) is 3.42. The van der Waals surface area contributed by atoms with Gasteiger partial charge in [0.1, 0.15) is 13.8 Å². The Labute approximate surface area is 136 Å². The predicted molar refractivity (Wildman–Crippen MR) is 99.7 cm³/mol. The Bertz CT molecular complexity index is 682. The number of hydrogen-bond acceptors (Lipinski definition) is 1. The number of benzene rings is 1. The maximum Gasteiger partial charge on any atom is 0.146 e. The van der Waals surface area contributed by atoms with Gasteiger partial charge in [-0.05, 0) is 28.8 Å². The van der Waals surface area contributed by atoms with Crippen molar-refractivity contribution in [2.45, 2.75) is 58.2 Å². The van der Waals surface area contributed by atoms with Crippen molar-refractivity contribution >= 4 is 19.0 Å². The summed E-state index contributed by atoms with van der Waals surface area (Å²) in [4.78, 5) is 4.70. The summed E-state index contributed by atoms with van der Waals surface area (Å²) in [6.45, 7) is 14.1. The van der Waals surface area contributed by atoms with E-state index in [2.05, 4.69) is 77.3 Å². The van der Waals surface area contributed by atoms with Gasteiger partial charge >= 0.3 is 0 Å². The first-order valence-electron chi connectivity index (χ1n) is 8.27. The number of nitrogens with zero attached hydrogens (tertiary/aromatic N) is 1. The van der Waals surface area contributed by atoms with Crippen molar-refractivity contribution in [3.8, 4) is 11.5 Å².